The van der Waals surface area contributed by atoms with E-state index < -0.39 is 9.84 Å². The summed E-state index contributed by atoms with van der Waals surface area (Å²) in [6.07, 6.45) is 0.483. The first-order valence-corrected chi connectivity index (χ1v) is 9.07. The van der Waals surface area contributed by atoms with Gasteiger partial charge in [-0.15, -0.1) is 12.4 Å². The maximum atomic E-state index is 12.1. The van der Waals surface area contributed by atoms with Crippen molar-refractivity contribution in [2.45, 2.75) is 31.6 Å². The standard InChI is InChI=1S/C13H25N3O3S.ClH/c1-11-12(2)20(18,19)10-9-15(11)6-3-13(17)16-7-4-14-5-8-16;/h11-12,14H,3-10H2,1-2H3;1H. The minimum absolute atomic E-state index is 0. The molecule has 0 bridgehead atoms. The van der Waals surface area contributed by atoms with E-state index in [0.717, 1.165) is 26.2 Å². The van der Waals surface area contributed by atoms with Crippen LogP contribution in [0.3, 0.4) is 0 Å². The van der Waals surface area contributed by atoms with Gasteiger partial charge in [0.25, 0.3) is 0 Å². The summed E-state index contributed by atoms with van der Waals surface area (Å²) < 4.78 is 23.6. The molecule has 2 unspecified atom stereocenters. The molecule has 0 radical (unpaired) electrons. The Morgan fingerprint density at radius 3 is 2.43 bits per heavy atom. The molecule has 8 heteroatoms. The van der Waals surface area contributed by atoms with E-state index in [1.165, 1.54) is 0 Å². The number of nitrogens with zero attached hydrogens (tertiary/aromatic N) is 2. The predicted octanol–water partition coefficient (Wildman–Crippen LogP) is -0.262. The monoisotopic (exact) mass is 339 g/mol. The number of amides is 1. The third-order valence-electron chi connectivity index (χ3n) is 4.57. The number of nitrogens with one attached hydrogen (secondary N) is 1. The Morgan fingerprint density at radius 2 is 1.81 bits per heavy atom. The van der Waals surface area contributed by atoms with Gasteiger partial charge in [-0.25, -0.2) is 8.42 Å². The fraction of sp³-hybridized carbons (Fsp3) is 0.923. The number of piperazine rings is 1. The lowest BCUT2D eigenvalue weighted by atomic mass is 10.2. The summed E-state index contributed by atoms with van der Waals surface area (Å²) in [7, 11) is -2.95. The summed E-state index contributed by atoms with van der Waals surface area (Å²) >= 11 is 0. The Labute approximate surface area is 133 Å². The van der Waals surface area contributed by atoms with E-state index in [0.29, 0.717) is 19.5 Å². The summed E-state index contributed by atoms with van der Waals surface area (Å²) in [6, 6.07) is -0.00966. The second-order valence-electron chi connectivity index (χ2n) is 5.73. The number of halogens is 1. The number of sulfone groups is 1. The maximum absolute atomic E-state index is 12.1. The largest absolute Gasteiger partial charge is 0.340 e. The summed E-state index contributed by atoms with van der Waals surface area (Å²) in [5.41, 5.74) is 0. The highest BCUT2D eigenvalue weighted by atomic mass is 35.5. The average molecular weight is 340 g/mol. The Balaban J connectivity index is 0.00000220. The van der Waals surface area contributed by atoms with E-state index in [2.05, 4.69) is 10.2 Å². The van der Waals surface area contributed by atoms with Gasteiger partial charge < -0.3 is 10.2 Å². The molecular weight excluding hydrogens is 314 g/mol. The van der Waals surface area contributed by atoms with Crippen molar-refractivity contribution in [2.24, 2.45) is 0 Å². The zero-order valence-corrected chi connectivity index (χ0v) is 14.4. The molecule has 0 aliphatic carbocycles. The summed E-state index contributed by atoms with van der Waals surface area (Å²) in [4.78, 5) is 16.1. The van der Waals surface area contributed by atoms with Crippen LogP contribution in [0.2, 0.25) is 0 Å². The number of carbonyl (C=O) groups excluding carboxylic acids is 1. The normalized spacial score (nSPS) is 29.7. The molecule has 0 aromatic heterocycles. The second kappa shape index (κ2) is 7.76. The topological polar surface area (TPSA) is 69.7 Å². The third-order valence-corrected chi connectivity index (χ3v) is 6.85. The van der Waals surface area contributed by atoms with Crippen molar-refractivity contribution in [2.75, 3.05) is 45.0 Å². The molecule has 6 nitrogen and oxygen atoms in total. The van der Waals surface area contributed by atoms with Gasteiger partial charge in [0.15, 0.2) is 9.84 Å². The van der Waals surface area contributed by atoms with Crippen LogP contribution < -0.4 is 5.32 Å². The molecule has 2 saturated heterocycles. The molecule has 2 fully saturated rings. The van der Waals surface area contributed by atoms with E-state index in [-0.39, 0.29) is 35.4 Å². The van der Waals surface area contributed by atoms with Gasteiger partial charge >= 0.3 is 0 Å². The van der Waals surface area contributed by atoms with Crippen LogP contribution in [-0.2, 0) is 14.6 Å². The molecule has 124 valence electrons. The van der Waals surface area contributed by atoms with Gasteiger partial charge in [0.2, 0.25) is 5.91 Å². The maximum Gasteiger partial charge on any atom is 0.223 e. The first-order valence-electron chi connectivity index (χ1n) is 7.36. The average Bonchev–Trinajstić information content (AvgIpc) is 2.45. The first-order chi connectivity index (χ1) is 9.42. The molecule has 0 saturated carbocycles. The van der Waals surface area contributed by atoms with Crippen LogP contribution in [-0.4, -0.2) is 80.4 Å². The van der Waals surface area contributed by atoms with Crippen molar-refractivity contribution < 1.29 is 13.2 Å². The number of hydrogen-bond acceptors (Lipinski definition) is 5. The zero-order valence-electron chi connectivity index (χ0n) is 12.7. The molecule has 1 N–H and O–H groups in total. The molecule has 0 aromatic carbocycles. The Kier molecular flexibility index (Phi) is 6.90. The smallest absolute Gasteiger partial charge is 0.223 e. The van der Waals surface area contributed by atoms with Gasteiger partial charge in [-0.3, -0.25) is 9.69 Å². The van der Waals surface area contributed by atoms with Gasteiger partial charge in [0.05, 0.1) is 11.0 Å². The van der Waals surface area contributed by atoms with Gasteiger partial charge in [-0.1, -0.05) is 0 Å². The lowest BCUT2D eigenvalue weighted by Crippen LogP contribution is -2.53. The summed E-state index contributed by atoms with van der Waals surface area (Å²) in [6.45, 7) is 8.19. The number of carbonyl (C=O) groups is 1. The molecule has 2 aliphatic heterocycles. The van der Waals surface area contributed by atoms with Crippen LogP contribution in [0.1, 0.15) is 20.3 Å². The molecule has 2 rings (SSSR count). The van der Waals surface area contributed by atoms with E-state index in [9.17, 15) is 13.2 Å². The van der Waals surface area contributed by atoms with Crippen LogP contribution in [0.4, 0.5) is 0 Å². The molecule has 2 aliphatic rings. The molecule has 0 spiro atoms. The van der Waals surface area contributed by atoms with E-state index >= 15 is 0 Å². The fourth-order valence-electron chi connectivity index (χ4n) is 2.86. The van der Waals surface area contributed by atoms with Gasteiger partial charge in [0, 0.05) is 51.7 Å². The number of hydrogen-bond donors (Lipinski definition) is 1. The summed E-state index contributed by atoms with van der Waals surface area (Å²) in [5, 5.41) is 2.88. The molecule has 2 heterocycles. The van der Waals surface area contributed by atoms with Crippen LogP contribution in [0.25, 0.3) is 0 Å². The third kappa shape index (κ3) is 4.55. The van der Waals surface area contributed by atoms with Gasteiger partial charge in [-0.2, -0.15) is 0 Å². The second-order valence-corrected chi connectivity index (χ2v) is 8.21. The lowest BCUT2D eigenvalue weighted by molar-refractivity contribution is -0.132. The Morgan fingerprint density at radius 1 is 1.19 bits per heavy atom. The molecule has 0 aromatic rings. The van der Waals surface area contributed by atoms with Crippen molar-refractivity contribution in [1.82, 2.24) is 15.1 Å². The molecule has 1 amide bonds. The van der Waals surface area contributed by atoms with Crippen LogP contribution in [0.5, 0.6) is 0 Å². The van der Waals surface area contributed by atoms with Crippen molar-refractivity contribution in [1.29, 1.82) is 0 Å². The predicted molar refractivity (Wildman–Crippen MR) is 85.6 cm³/mol. The first kappa shape index (κ1) is 18.7. The van der Waals surface area contributed by atoms with E-state index in [4.69, 9.17) is 0 Å². The molecule has 21 heavy (non-hydrogen) atoms. The lowest BCUT2D eigenvalue weighted by Gasteiger charge is -2.37. The van der Waals surface area contributed by atoms with Crippen LogP contribution >= 0.6 is 12.4 Å². The minimum atomic E-state index is -2.95. The van der Waals surface area contributed by atoms with Crippen LogP contribution in [0, 0.1) is 0 Å². The summed E-state index contributed by atoms with van der Waals surface area (Å²) in [5.74, 6) is 0.389. The van der Waals surface area contributed by atoms with E-state index in [1.807, 2.05) is 11.8 Å². The Bertz CT molecular complexity index is 452. The van der Waals surface area contributed by atoms with Crippen molar-refractivity contribution in [3.05, 3.63) is 0 Å². The number of rotatable bonds is 3. The van der Waals surface area contributed by atoms with Gasteiger partial charge in [0.1, 0.15) is 0 Å². The highest BCUT2D eigenvalue weighted by Crippen LogP contribution is 2.19. The van der Waals surface area contributed by atoms with Gasteiger partial charge in [-0.05, 0) is 13.8 Å². The molecular formula is C13H26ClN3O3S. The van der Waals surface area contributed by atoms with Crippen molar-refractivity contribution in [3.63, 3.8) is 0 Å². The quantitative estimate of drug-likeness (QED) is 0.767. The highest BCUT2D eigenvalue weighted by Gasteiger charge is 2.35. The van der Waals surface area contributed by atoms with E-state index in [1.54, 1.807) is 6.92 Å². The molecule has 2 atom stereocenters. The van der Waals surface area contributed by atoms with Crippen molar-refractivity contribution >= 4 is 28.2 Å². The van der Waals surface area contributed by atoms with Crippen LogP contribution in [0.15, 0.2) is 0 Å². The van der Waals surface area contributed by atoms with Crippen molar-refractivity contribution in [3.8, 4) is 0 Å². The highest BCUT2D eigenvalue weighted by molar-refractivity contribution is 7.92. The Hall–Kier alpha value is -0.370. The zero-order chi connectivity index (χ0) is 14.8. The SMILES string of the molecule is CC1C(C)S(=O)(=O)CCN1CCC(=O)N1CCNCC1.Cl. The minimum Gasteiger partial charge on any atom is -0.340 e. The fourth-order valence-corrected chi connectivity index (χ4v) is 4.49.